The molecule has 0 atom stereocenters. The van der Waals surface area contributed by atoms with Gasteiger partial charge in [0, 0.05) is 16.0 Å². The normalized spacial score (nSPS) is 10.7. The summed E-state index contributed by atoms with van der Waals surface area (Å²) in [6.07, 6.45) is 0. The molecule has 0 spiro atoms. The molecule has 6 nitrogen and oxygen atoms in total. The molecule has 0 fully saturated rings. The fourth-order valence-electron chi connectivity index (χ4n) is 2.77. The maximum Gasteiger partial charge on any atom is 0.236 e. The number of aromatic nitrogens is 4. The van der Waals surface area contributed by atoms with Gasteiger partial charge in [0.25, 0.3) is 0 Å². The summed E-state index contributed by atoms with van der Waals surface area (Å²) in [7, 11) is 0. The predicted octanol–water partition coefficient (Wildman–Crippen LogP) is 5.01. The SMILES string of the molecule is Cc1nc(NC(=O)CSc2nnc(-c3ccccc3)c(-c3ccccc3)n2)sc1C. The van der Waals surface area contributed by atoms with Gasteiger partial charge in [-0.3, -0.25) is 4.79 Å². The third kappa shape index (κ3) is 4.72. The molecule has 0 aliphatic carbocycles. The minimum absolute atomic E-state index is 0.147. The smallest absolute Gasteiger partial charge is 0.236 e. The van der Waals surface area contributed by atoms with E-state index < -0.39 is 0 Å². The lowest BCUT2D eigenvalue weighted by molar-refractivity contribution is -0.113. The number of amides is 1. The van der Waals surface area contributed by atoms with Crippen molar-refractivity contribution >= 4 is 34.1 Å². The van der Waals surface area contributed by atoms with Crippen molar-refractivity contribution in [3.63, 3.8) is 0 Å². The van der Waals surface area contributed by atoms with Crippen molar-refractivity contribution in [1.29, 1.82) is 0 Å². The van der Waals surface area contributed by atoms with Crippen LogP contribution in [-0.4, -0.2) is 31.8 Å². The maximum absolute atomic E-state index is 12.3. The molecule has 0 bridgehead atoms. The highest BCUT2D eigenvalue weighted by Gasteiger charge is 2.15. The Morgan fingerprint density at radius 3 is 2.13 bits per heavy atom. The third-order valence-corrected chi connectivity index (χ3v) is 6.19. The average Bonchev–Trinajstić information content (AvgIpc) is 3.10. The Balaban J connectivity index is 1.55. The molecule has 2 aromatic carbocycles. The molecule has 2 heterocycles. The first-order valence-corrected chi connectivity index (χ1v) is 11.1. The van der Waals surface area contributed by atoms with E-state index in [1.807, 2.05) is 74.5 Å². The zero-order valence-corrected chi connectivity index (χ0v) is 18.1. The van der Waals surface area contributed by atoms with Gasteiger partial charge in [-0.05, 0) is 13.8 Å². The van der Waals surface area contributed by atoms with E-state index >= 15 is 0 Å². The molecule has 30 heavy (non-hydrogen) atoms. The van der Waals surface area contributed by atoms with E-state index in [9.17, 15) is 4.79 Å². The number of nitrogens with one attached hydrogen (secondary N) is 1. The Kier molecular flexibility index (Phi) is 6.15. The Morgan fingerprint density at radius 1 is 0.900 bits per heavy atom. The summed E-state index contributed by atoms with van der Waals surface area (Å²) < 4.78 is 0. The van der Waals surface area contributed by atoms with Crippen LogP contribution in [0.25, 0.3) is 22.5 Å². The number of hydrogen-bond donors (Lipinski definition) is 1. The van der Waals surface area contributed by atoms with Crippen LogP contribution in [0, 0.1) is 13.8 Å². The molecule has 0 aliphatic heterocycles. The van der Waals surface area contributed by atoms with Crippen LogP contribution < -0.4 is 5.32 Å². The highest BCUT2D eigenvalue weighted by atomic mass is 32.2. The first-order valence-electron chi connectivity index (χ1n) is 9.32. The van der Waals surface area contributed by atoms with Crippen LogP contribution in [0.1, 0.15) is 10.6 Å². The van der Waals surface area contributed by atoms with E-state index in [1.165, 1.54) is 23.1 Å². The van der Waals surface area contributed by atoms with Gasteiger partial charge in [0.05, 0.1) is 11.4 Å². The Hall–Kier alpha value is -3.10. The van der Waals surface area contributed by atoms with Crippen molar-refractivity contribution in [3.05, 3.63) is 71.2 Å². The fourth-order valence-corrected chi connectivity index (χ4v) is 4.19. The van der Waals surface area contributed by atoms with Crippen molar-refractivity contribution in [2.75, 3.05) is 11.1 Å². The number of nitrogens with zero attached hydrogens (tertiary/aromatic N) is 4. The predicted molar refractivity (Wildman–Crippen MR) is 122 cm³/mol. The summed E-state index contributed by atoms with van der Waals surface area (Å²) >= 11 is 2.72. The number of carbonyl (C=O) groups is 1. The van der Waals surface area contributed by atoms with Gasteiger partial charge in [0.2, 0.25) is 11.1 Å². The number of rotatable bonds is 6. The van der Waals surface area contributed by atoms with Gasteiger partial charge in [-0.15, -0.1) is 21.5 Å². The second-order valence-corrected chi connectivity index (χ2v) is 8.67. The second-order valence-electron chi connectivity index (χ2n) is 6.52. The molecular formula is C22H19N5OS2. The van der Waals surface area contributed by atoms with E-state index in [0.29, 0.717) is 16.0 Å². The Bertz CT molecular complexity index is 1140. The van der Waals surface area contributed by atoms with Crippen molar-refractivity contribution < 1.29 is 4.79 Å². The van der Waals surface area contributed by atoms with Crippen LogP contribution >= 0.6 is 23.1 Å². The number of carbonyl (C=O) groups excluding carboxylic acids is 1. The number of benzene rings is 2. The summed E-state index contributed by atoms with van der Waals surface area (Å²) in [6.45, 7) is 3.91. The van der Waals surface area contributed by atoms with Crippen molar-refractivity contribution in [3.8, 4) is 22.5 Å². The van der Waals surface area contributed by atoms with Crippen LogP contribution in [0.4, 0.5) is 5.13 Å². The molecule has 1 N–H and O–H groups in total. The number of anilines is 1. The fraction of sp³-hybridized carbons (Fsp3) is 0.136. The van der Waals surface area contributed by atoms with E-state index in [2.05, 4.69) is 20.5 Å². The van der Waals surface area contributed by atoms with Gasteiger partial charge in [-0.1, -0.05) is 72.4 Å². The van der Waals surface area contributed by atoms with Gasteiger partial charge in [0.15, 0.2) is 5.13 Å². The van der Waals surface area contributed by atoms with Crippen LogP contribution in [-0.2, 0) is 4.79 Å². The third-order valence-electron chi connectivity index (χ3n) is 4.37. The van der Waals surface area contributed by atoms with Crippen LogP contribution in [0.3, 0.4) is 0 Å². The first kappa shape index (κ1) is 20.2. The molecule has 150 valence electrons. The minimum Gasteiger partial charge on any atom is -0.301 e. The zero-order chi connectivity index (χ0) is 20.9. The van der Waals surface area contributed by atoms with E-state index in [0.717, 1.165) is 27.4 Å². The molecule has 0 saturated heterocycles. The quantitative estimate of drug-likeness (QED) is 0.431. The van der Waals surface area contributed by atoms with Gasteiger partial charge in [-0.2, -0.15) is 0 Å². The molecule has 2 aromatic heterocycles. The van der Waals surface area contributed by atoms with Crippen molar-refractivity contribution in [2.24, 2.45) is 0 Å². The molecule has 4 aromatic rings. The largest absolute Gasteiger partial charge is 0.301 e. The van der Waals surface area contributed by atoms with Crippen LogP contribution in [0.15, 0.2) is 65.8 Å². The Morgan fingerprint density at radius 2 is 1.53 bits per heavy atom. The summed E-state index contributed by atoms with van der Waals surface area (Å²) in [5.74, 6) is 0.0314. The average molecular weight is 434 g/mol. The van der Waals surface area contributed by atoms with Gasteiger partial charge in [-0.25, -0.2) is 9.97 Å². The molecule has 8 heteroatoms. The highest BCUT2D eigenvalue weighted by Crippen LogP contribution is 2.29. The zero-order valence-electron chi connectivity index (χ0n) is 16.5. The summed E-state index contributed by atoms with van der Waals surface area (Å²) in [4.78, 5) is 22.5. The topological polar surface area (TPSA) is 80.7 Å². The maximum atomic E-state index is 12.3. The standard InChI is InChI=1S/C22H19N5OS2/c1-14-15(2)30-21(23-14)24-18(28)13-29-22-25-19(16-9-5-3-6-10-16)20(26-27-22)17-11-7-4-8-12-17/h3-12H,13H2,1-2H3,(H,23,24,28). The highest BCUT2D eigenvalue weighted by molar-refractivity contribution is 7.99. The monoisotopic (exact) mass is 433 g/mol. The molecule has 0 unspecified atom stereocenters. The lowest BCUT2D eigenvalue weighted by atomic mass is 10.0. The molecule has 0 saturated carbocycles. The van der Waals surface area contributed by atoms with Gasteiger partial charge >= 0.3 is 0 Å². The number of thiazole rings is 1. The van der Waals surface area contributed by atoms with Crippen molar-refractivity contribution in [2.45, 2.75) is 19.0 Å². The first-order chi connectivity index (χ1) is 14.6. The van der Waals surface area contributed by atoms with E-state index in [4.69, 9.17) is 4.98 Å². The molecule has 0 radical (unpaired) electrons. The minimum atomic E-state index is -0.147. The van der Waals surface area contributed by atoms with Crippen LogP contribution in [0.5, 0.6) is 0 Å². The summed E-state index contributed by atoms with van der Waals surface area (Å²) in [6, 6.07) is 19.7. The van der Waals surface area contributed by atoms with E-state index in [1.54, 1.807) is 0 Å². The van der Waals surface area contributed by atoms with Gasteiger partial charge in [0.1, 0.15) is 11.4 Å². The van der Waals surface area contributed by atoms with Gasteiger partial charge < -0.3 is 5.32 Å². The van der Waals surface area contributed by atoms with Crippen LogP contribution in [0.2, 0.25) is 0 Å². The molecule has 0 aliphatic rings. The van der Waals surface area contributed by atoms with E-state index in [-0.39, 0.29) is 11.7 Å². The lowest BCUT2D eigenvalue weighted by Gasteiger charge is -2.09. The number of hydrogen-bond acceptors (Lipinski definition) is 7. The molecular weight excluding hydrogens is 414 g/mol. The Labute approximate surface area is 182 Å². The number of aryl methyl sites for hydroxylation is 2. The lowest BCUT2D eigenvalue weighted by Crippen LogP contribution is -2.14. The summed E-state index contributed by atoms with van der Waals surface area (Å²) in [5.41, 5.74) is 4.28. The second kappa shape index (κ2) is 9.15. The molecule has 1 amide bonds. The number of thioether (sulfide) groups is 1. The molecule has 4 rings (SSSR count). The van der Waals surface area contributed by atoms with Crippen molar-refractivity contribution in [1.82, 2.24) is 20.2 Å². The summed E-state index contributed by atoms with van der Waals surface area (Å²) in [5, 5.41) is 12.6.